The van der Waals surface area contributed by atoms with E-state index in [1.807, 2.05) is 10.9 Å². The lowest BCUT2D eigenvalue weighted by molar-refractivity contribution is 0.0821. The predicted octanol–water partition coefficient (Wildman–Crippen LogP) is 0.839. The van der Waals surface area contributed by atoms with Crippen molar-refractivity contribution in [3.63, 3.8) is 0 Å². The second-order valence-corrected chi connectivity index (χ2v) is 5.31. The highest BCUT2D eigenvalue weighted by Crippen LogP contribution is 2.09. The Morgan fingerprint density at radius 3 is 2.89 bits per heavy atom. The first-order chi connectivity index (χ1) is 9.28. The molecule has 5 nitrogen and oxygen atoms in total. The highest BCUT2D eigenvalue weighted by atomic mass is 16.3. The van der Waals surface area contributed by atoms with Gasteiger partial charge in [0.15, 0.2) is 0 Å². The van der Waals surface area contributed by atoms with Crippen molar-refractivity contribution in [1.29, 1.82) is 0 Å². The number of nitrogens with one attached hydrogen (secondary N) is 1. The van der Waals surface area contributed by atoms with Crippen LogP contribution in [0.15, 0.2) is 12.4 Å². The lowest BCUT2D eigenvalue weighted by Gasteiger charge is -2.29. The zero-order valence-electron chi connectivity index (χ0n) is 11.9. The summed E-state index contributed by atoms with van der Waals surface area (Å²) < 4.78 is 1.95. The molecule has 1 fully saturated rings. The van der Waals surface area contributed by atoms with Crippen LogP contribution in [0.3, 0.4) is 0 Å². The maximum Gasteiger partial charge on any atom is 0.0564 e. The van der Waals surface area contributed by atoms with Crippen LogP contribution in [0.2, 0.25) is 0 Å². The van der Waals surface area contributed by atoms with Crippen molar-refractivity contribution in [1.82, 2.24) is 20.0 Å². The van der Waals surface area contributed by atoms with Crippen molar-refractivity contribution in [3.05, 3.63) is 18.0 Å². The maximum atomic E-state index is 9.44. The summed E-state index contributed by atoms with van der Waals surface area (Å²) in [5.41, 5.74) is 1.25. The molecule has 0 atom stereocenters. The van der Waals surface area contributed by atoms with E-state index in [-0.39, 0.29) is 6.10 Å². The number of rotatable bonds is 7. The van der Waals surface area contributed by atoms with Gasteiger partial charge in [0, 0.05) is 37.9 Å². The van der Waals surface area contributed by atoms with Crippen molar-refractivity contribution in [2.75, 3.05) is 26.2 Å². The summed E-state index contributed by atoms with van der Waals surface area (Å²) >= 11 is 0. The third-order valence-electron chi connectivity index (χ3n) is 3.72. The molecule has 1 aliphatic heterocycles. The monoisotopic (exact) mass is 266 g/mol. The van der Waals surface area contributed by atoms with E-state index in [2.05, 4.69) is 28.4 Å². The lowest BCUT2D eigenvalue weighted by atomic mass is 10.1. The van der Waals surface area contributed by atoms with Crippen LogP contribution in [-0.2, 0) is 13.1 Å². The number of hydrogen-bond donors (Lipinski definition) is 2. The van der Waals surface area contributed by atoms with Crippen molar-refractivity contribution in [2.45, 2.75) is 45.4 Å². The summed E-state index contributed by atoms with van der Waals surface area (Å²) in [5.74, 6) is 0. The molecule has 0 spiro atoms. The van der Waals surface area contributed by atoms with Crippen LogP contribution >= 0.6 is 0 Å². The molecule has 0 saturated carbocycles. The van der Waals surface area contributed by atoms with E-state index in [1.165, 1.54) is 5.56 Å². The highest BCUT2D eigenvalue weighted by Gasteiger charge is 2.15. The zero-order chi connectivity index (χ0) is 13.5. The van der Waals surface area contributed by atoms with E-state index in [9.17, 15) is 5.11 Å². The number of aryl methyl sites for hydroxylation is 1. The first kappa shape index (κ1) is 14.5. The van der Waals surface area contributed by atoms with Gasteiger partial charge in [-0.1, -0.05) is 0 Å². The Labute approximate surface area is 115 Å². The van der Waals surface area contributed by atoms with Crippen molar-refractivity contribution >= 4 is 0 Å². The average Bonchev–Trinajstić information content (AvgIpc) is 2.88. The zero-order valence-corrected chi connectivity index (χ0v) is 11.9. The Morgan fingerprint density at radius 2 is 2.21 bits per heavy atom. The van der Waals surface area contributed by atoms with Crippen LogP contribution in [0.25, 0.3) is 0 Å². The predicted molar refractivity (Wildman–Crippen MR) is 75.9 cm³/mol. The van der Waals surface area contributed by atoms with E-state index in [0.29, 0.717) is 0 Å². The van der Waals surface area contributed by atoms with Gasteiger partial charge in [-0.2, -0.15) is 5.10 Å². The van der Waals surface area contributed by atoms with Crippen LogP contribution in [0.4, 0.5) is 0 Å². The molecule has 0 aliphatic carbocycles. The fraction of sp³-hybridized carbons (Fsp3) is 0.786. The summed E-state index contributed by atoms with van der Waals surface area (Å²) in [4.78, 5) is 2.45. The molecular formula is C14H26N4O. The van der Waals surface area contributed by atoms with Gasteiger partial charge in [-0.05, 0) is 39.3 Å². The number of likely N-dealkylation sites (tertiary alicyclic amines) is 1. The molecule has 1 aliphatic rings. The summed E-state index contributed by atoms with van der Waals surface area (Å²) in [6.07, 6.45) is 7.00. The Morgan fingerprint density at radius 1 is 1.42 bits per heavy atom. The SMILES string of the molecule is CCn1cc(CNCCCN2CCC(O)CC2)cn1. The van der Waals surface area contributed by atoms with Gasteiger partial charge in [0.2, 0.25) is 0 Å². The third-order valence-corrected chi connectivity index (χ3v) is 3.72. The Kier molecular flexibility index (Phi) is 5.82. The smallest absolute Gasteiger partial charge is 0.0564 e. The van der Waals surface area contributed by atoms with Gasteiger partial charge in [0.25, 0.3) is 0 Å². The Bertz CT molecular complexity index is 358. The second kappa shape index (κ2) is 7.62. The lowest BCUT2D eigenvalue weighted by Crippen LogP contribution is -2.37. The maximum absolute atomic E-state index is 9.44. The molecule has 1 aromatic rings. The standard InChI is InChI=1S/C14H26N4O/c1-2-18-12-13(11-16-18)10-15-6-3-7-17-8-4-14(19)5-9-17/h11-12,14-15,19H,2-10H2,1H3. The Balaban J connectivity index is 1.52. The summed E-state index contributed by atoms with van der Waals surface area (Å²) in [6.45, 7) is 8.19. The van der Waals surface area contributed by atoms with Gasteiger partial charge in [0.1, 0.15) is 0 Å². The molecule has 0 unspecified atom stereocenters. The van der Waals surface area contributed by atoms with Crippen LogP contribution in [0, 0.1) is 0 Å². The summed E-state index contributed by atoms with van der Waals surface area (Å²) in [5, 5.41) is 17.2. The fourth-order valence-electron chi connectivity index (χ4n) is 2.47. The number of aliphatic hydroxyl groups is 1. The number of aromatic nitrogens is 2. The minimum Gasteiger partial charge on any atom is -0.393 e. The van der Waals surface area contributed by atoms with Gasteiger partial charge >= 0.3 is 0 Å². The van der Waals surface area contributed by atoms with Gasteiger partial charge in [0.05, 0.1) is 12.3 Å². The molecule has 5 heteroatoms. The minimum atomic E-state index is -0.0653. The van der Waals surface area contributed by atoms with Crippen molar-refractivity contribution in [3.8, 4) is 0 Å². The minimum absolute atomic E-state index is 0.0653. The normalized spacial score (nSPS) is 18.0. The van der Waals surface area contributed by atoms with E-state index in [0.717, 1.165) is 58.5 Å². The van der Waals surface area contributed by atoms with E-state index >= 15 is 0 Å². The first-order valence-corrected chi connectivity index (χ1v) is 7.40. The number of aliphatic hydroxyl groups excluding tert-OH is 1. The number of hydrogen-bond acceptors (Lipinski definition) is 4. The highest BCUT2D eigenvalue weighted by molar-refractivity contribution is 5.02. The molecule has 0 aromatic carbocycles. The van der Waals surface area contributed by atoms with E-state index in [4.69, 9.17) is 0 Å². The summed E-state index contributed by atoms with van der Waals surface area (Å²) in [6, 6.07) is 0. The number of piperidine rings is 1. The molecule has 0 amide bonds. The van der Waals surface area contributed by atoms with Crippen molar-refractivity contribution in [2.24, 2.45) is 0 Å². The number of nitrogens with zero attached hydrogens (tertiary/aromatic N) is 3. The van der Waals surface area contributed by atoms with Crippen LogP contribution < -0.4 is 5.32 Å². The van der Waals surface area contributed by atoms with Crippen molar-refractivity contribution < 1.29 is 5.11 Å². The molecule has 0 bridgehead atoms. The van der Waals surface area contributed by atoms with Crippen LogP contribution in [0.5, 0.6) is 0 Å². The fourth-order valence-corrected chi connectivity index (χ4v) is 2.47. The topological polar surface area (TPSA) is 53.3 Å². The quantitative estimate of drug-likeness (QED) is 0.718. The molecule has 1 saturated heterocycles. The van der Waals surface area contributed by atoms with Gasteiger partial charge in [-0.25, -0.2) is 0 Å². The molecule has 2 N–H and O–H groups in total. The van der Waals surface area contributed by atoms with Crippen LogP contribution in [0.1, 0.15) is 31.7 Å². The molecule has 1 aromatic heterocycles. The molecular weight excluding hydrogens is 240 g/mol. The molecule has 0 radical (unpaired) electrons. The summed E-state index contributed by atoms with van der Waals surface area (Å²) in [7, 11) is 0. The average molecular weight is 266 g/mol. The van der Waals surface area contributed by atoms with Gasteiger partial charge in [-0.3, -0.25) is 4.68 Å². The van der Waals surface area contributed by atoms with Gasteiger partial charge in [-0.15, -0.1) is 0 Å². The molecule has 108 valence electrons. The molecule has 19 heavy (non-hydrogen) atoms. The van der Waals surface area contributed by atoms with E-state index in [1.54, 1.807) is 0 Å². The van der Waals surface area contributed by atoms with E-state index < -0.39 is 0 Å². The Hall–Kier alpha value is -0.910. The largest absolute Gasteiger partial charge is 0.393 e. The molecule has 2 rings (SSSR count). The molecule has 2 heterocycles. The van der Waals surface area contributed by atoms with Crippen LogP contribution in [-0.4, -0.2) is 52.1 Å². The van der Waals surface area contributed by atoms with Gasteiger partial charge < -0.3 is 15.3 Å². The first-order valence-electron chi connectivity index (χ1n) is 7.40. The third kappa shape index (κ3) is 4.93. The second-order valence-electron chi connectivity index (χ2n) is 5.31.